The standard InChI is InChI=1S/C43H46O12/c1-24-32(53-34(46)17-13-27-12-14-30-21-31(51-6)16-15-29(30)20-27)22-43(50)39(54-40(49)28-10-8-7-9-11-28)36(25(2)37(47)38(48)35(24)41(43,4)5)42(55-26(3)45)23-52-33(42)18-19-44/h7-17,20-21,32-33,36,39,44,47,50H,18-19,22-23H2,1-6H3/b17-13+,37-25+/t32-,33+,36+,39-,42-,43+/m0/s1. The molecule has 0 amide bonds. The average Bonchev–Trinajstić information content (AvgIpc) is 3.16. The van der Waals surface area contributed by atoms with Gasteiger partial charge in [0.15, 0.2) is 11.4 Å². The molecule has 2 aliphatic carbocycles. The highest BCUT2D eigenvalue weighted by Gasteiger charge is 2.69. The largest absolute Gasteiger partial charge is 0.504 e. The number of hydrogen-bond acceptors (Lipinski definition) is 12. The summed E-state index contributed by atoms with van der Waals surface area (Å²) in [5.41, 5.74) is -4.34. The summed E-state index contributed by atoms with van der Waals surface area (Å²) in [6.45, 7) is 6.76. The third-order valence-electron chi connectivity index (χ3n) is 11.4. The third-order valence-corrected chi connectivity index (χ3v) is 11.4. The van der Waals surface area contributed by atoms with Crippen molar-refractivity contribution < 1.29 is 58.2 Å². The van der Waals surface area contributed by atoms with Crippen LogP contribution in [0.3, 0.4) is 0 Å². The van der Waals surface area contributed by atoms with Crippen LogP contribution in [0.25, 0.3) is 16.8 Å². The Kier molecular flexibility index (Phi) is 10.8. The molecular formula is C43H46O12. The van der Waals surface area contributed by atoms with Crippen LogP contribution in [-0.4, -0.2) is 88.8 Å². The Morgan fingerprint density at radius 3 is 2.29 bits per heavy atom. The second kappa shape index (κ2) is 15.1. The van der Waals surface area contributed by atoms with Crippen LogP contribution in [0.15, 0.2) is 95.3 Å². The Balaban J connectivity index is 1.45. The molecule has 1 saturated heterocycles. The van der Waals surface area contributed by atoms with Crippen molar-refractivity contribution >= 4 is 40.5 Å². The normalized spacial score (nSPS) is 28.9. The van der Waals surface area contributed by atoms with Crippen LogP contribution in [-0.2, 0) is 33.3 Å². The summed E-state index contributed by atoms with van der Waals surface area (Å²) >= 11 is 0. The molecule has 290 valence electrons. The number of esters is 3. The van der Waals surface area contributed by atoms with Crippen molar-refractivity contribution in [3.63, 3.8) is 0 Å². The number of carbonyl (C=O) groups excluding carboxylic acids is 4. The van der Waals surface area contributed by atoms with Gasteiger partial charge in [0, 0.05) is 43.4 Å². The summed E-state index contributed by atoms with van der Waals surface area (Å²) < 4.78 is 29.4. The predicted molar refractivity (Wildman–Crippen MR) is 201 cm³/mol. The second-order valence-corrected chi connectivity index (χ2v) is 14.9. The lowest BCUT2D eigenvalue weighted by atomic mass is 9.53. The highest BCUT2D eigenvalue weighted by atomic mass is 16.6. The molecule has 3 aliphatic rings. The first kappa shape index (κ1) is 39.4. The van der Waals surface area contributed by atoms with E-state index in [0.717, 1.165) is 10.8 Å². The van der Waals surface area contributed by atoms with Gasteiger partial charge in [0.2, 0.25) is 5.78 Å². The van der Waals surface area contributed by atoms with E-state index in [1.165, 1.54) is 32.1 Å². The second-order valence-electron chi connectivity index (χ2n) is 14.9. The van der Waals surface area contributed by atoms with Gasteiger partial charge in [-0.05, 0) is 77.7 Å². The monoisotopic (exact) mass is 754 g/mol. The van der Waals surface area contributed by atoms with Gasteiger partial charge in [-0.15, -0.1) is 0 Å². The predicted octanol–water partition coefficient (Wildman–Crippen LogP) is 5.59. The van der Waals surface area contributed by atoms with Gasteiger partial charge in [-0.25, -0.2) is 9.59 Å². The van der Waals surface area contributed by atoms with Gasteiger partial charge in [0.05, 0.1) is 25.2 Å². The SMILES string of the molecule is COc1ccc2cc(/C=C/C(=O)O[C@H]3C[C@@]4(O)[C@@H](OC(=O)c5ccccc5)[C@H]([C@]5(OC(C)=O)CO[C@@H]5CCO)/C(C)=C(/O)C(=O)C(=C3C)C4(C)C)ccc2c1. The summed E-state index contributed by atoms with van der Waals surface area (Å²) in [6, 6.07) is 19.3. The molecular weight excluding hydrogens is 708 g/mol. The molecule has 6 atom stereocenters. The van der Waals surface area contributed by atoms with E-state index in [0.29, 0.717) is 16.9 Å². The summed E-state index contributed by atoms with van der Waals surface area (Å²) in [5.74, 6) is -4.56. The number of rotatable bonds is 10. The van der Waals surface area contributed by atoms with E-state index < -0.39 is 70.3 Å². The number of aliphatic hydroxyl groups excluding tert-OH is 2. The number of ether oxygens (including phenoxy) is 5. The highest BCUT2D eigenvalue weighted by Crippen LogP contribution is 2.58. The van der Waals surface area contributed by atoms with Crippen LogP contribution in [0, 0.1) is 11.3 Å². The summed E-state index contributed by atoms with van der Waals surface area (Å²) in [7, 11) is 1.59. The van der Waals surface area contributed by atoms with Crippen LogP contribution in [0.5, 0.6) is 5.75 Å². The molecule has 3 aromatic rings. The van der Waals surface area contributed by atoms with E-state index in [1.807, 2.05) is 36.4 Å². The fraction of sp³-hybridized carbons (Fsp3) is 0.395. The van der Waals surface area contributed by atoms with Gasteiger partial charge in [0.1, 0.15) is 29.7 Å². The van der Waals surface area contributed by atoms with Crippen molar-refractivity contribution in [2.45, 2.75) is 77.0 Å². The van der Waals surface area contributed by atoms with E-state index in [4.69, 9.17) is 23.7 Å². The first-order valence-electron chi connectivity index (χ1n) is 18.1. The fourth-order valence-corrected chi connectivity index (χ4v) is 8.46. The van der Waals surface area contributed by atoms with Crippen LogP contribution < -0.4 is 4.74 Å². The Bertz CT molecular complexity index is 2110. The molecule has 12 nitrogen and oxygen atoms in total. The minimum atomic E-state index is -2.20. The van der Waals surface area contributed by atoms with Crippen molar-refractivity contribution in [3.8, 4) is 5.75 Å². The van der Waals surface area contributed by atoms with Gasteiger partial charge < -0.3 is 39.0 Å². The quantitative estimate of drug-likeness (QED) is 0.133. The Hall–Kier alpha value is -5.30. The maximum atomic E-state index is 14.4. The molecule has 3 aromatic carbocycles. The van der Waals surface area contributed by atoms with E-state index >= 15 is 0 Å². The van der Waals surface area contributed by atoms with Gasteiger partial charge in [0.25, 0.3) is 0 Å². The summed E-state index contributed by atoms with van der Waals surface area (Å²) in [5, 5.41) is 36.8. The average molecular weight is 755 g/mol. The Labute approximate surface area is 319 Å². The molecule has 12 heteroatoms. The van der Waals surface area contributed by atoms with Crippen LogP contribution in [0.2, 0.25) is 0 Å². The number of carbonyl (C=O) groups is 4. The highest BCUT2D eigenvalue weighted by molar-refractivity contribution is 6.09. The summed E-state index contributed by atoms with van der Waals surface area (Å²) in [6.07, 6.45) is -1.37. The van der Waals surface area contributed by atoms with Gasteiger partial charge in [-0.3, -0.25) is 9.59 Å². The van der Waals surface area contributed by atoms with Gasteiger partial charge >= 0.3 is 17.9 Å². The minimum absolute atomic E-state index is 0.0187. The first-order valence-corrected chi connectivity index (χ1v) is 18.1. The Morgan fingerprint density at radius 2 is 1.65 bits per heavy atom. The molecule has 3 N–H and O–H groups in total. The first-order chi connectivity index (χ1) is 26.1. The van der Waals surface area contributed by atoms with Crippen LogP contribution >= 0.6 is 0 Å². The lowest BCUT2D eigenvalue weighted by Gasteiger charge is -2.60. The van der Waals surface area contributed by atoms with Crippen molar-refractivity contribution in [1.82, 2.24) is 0 Å². The number of aliphatic hydroxyl groups is 3. The van der Waals surface area contributed by atoms with Crippen molar-refractivity contribution in [1.29, 1.82) is 0 Å². The van der Waals surface area contributed by atoms with Crippen LogP contribution in [0.1, 0.15) is 63.4 Å². The van der Waals surface area contributed by atoms with Crippen molar-refractivity contribution in [2.75, 3.05) is 20.3 Å². The minimum Gasteiger partial charge on any atom is -0.504 e. The maximum Gasteiger partial charge on any atom is 0.338 e. The summed E-state index contributed by atoms with van der Waals surface area (Å²) in [4.78, 5) is 54.7. The molecule has 0 spiro atoms. The van der Waals surface area contributed by atoms with Crippen LogP contribution in [0.4, 0.5) is 0 Å². The number of fused-ring (bicyclic) bond motifs is 3. The van der Waals surface area contributed by atoms with E-state index in [1.54, 1.807) is 52.2 Å². The molecule has 0 unspecified atom stereocenters. The number of ketones is 1. The molecule has 6 rings (SSSR count). The lowest BCUT2D eigenvalue weighted by Crippen LogP contribution is -2.73. The number of hydrogen-bond donors (Lipinski definition) is 3. The number of benzene rings is 3. The molecule has 0 radical (unpaired) electrons. The topological polar surface area (TPSA) is 175 Å². The van der Waals surface area contributed by atoms with Crippen molar-refractivity contribution in [3.05, 3.63) is 106 Å². The van der Waals surface area contributed by atoms with E-state index in [9.17, 15) is 34.5 Å². The zero-order valence-electron chi connectivity index (χ0n) is 31.7. The smallest absolute Gasteiger partial charge is 0.338 e. The molecule has 55 heavy (non-hydrogen) atoms. The number of allylic oxidation sites excluding steroid dienone is 1. The fourth-order valence-electron chi connectivity index (χ4n) is 8.46. The zero-order chi connectivity index (χ0) is 39.9. The molecule has 1 fully saturated rings. The molecule has 1 aliphatic heterocycles. The van der Waals surface area contributed by atoms with E-state index in [2.05, 4.69) is 0 Å². The van der Waals surface area contributed by atoms with Gasteiger partial charge in [-0.2, -0.15) is 0 Å². The number of Topliss-reactive ketones (excluding diaryl/α,β-unsaturated/α-hetero) is 1. The molecule has 0 aromatic heterocycles. The third kappa shape index (κ3) is 6.94. The Morgan fingerprint density at radius 1 is 0.964 bits per heavy atom. The van der Waals surface area contributed by atoms with E-state index in [-0.39, 0.29) is 42.8 Å². The van der Waals surface area contributed by atoms with Crippen molar-refractivity contribution in [2.24, 2.45) is 11.3 Å². The zero-order valence-corrected chi connectivity index (χ0v) is 31.7. The molecule has 1 heterocycles. The molecule has 0 saturated carbocycles. The lowest BCUT2D eigenvalue weighted by molar-refractivity contribution is -0.295. The molecule has 2 bridgehead atoms. The maximum absolute atomic E-state index is 14.4. The number of methoxy groups -OCH3 is 1. The van der Waals surface area contributed by atoms with Gasteiger partial charge in [-0.1, -0.05) is 50.2 Å².